The quantitative estimate of drug-likeness (QED) is 0.441. The summed E-state index contributed by atoms with van der Waals surface area (Å²) in [7, 11) is 0. The van der Waals surface area contributed by atoms with Crippen LogP contribution >= 0.6 is 0 Å². The van der Waals surface area contributed by atoms with Crippen molar-refractivity contribution in [2.45, 2.75) is 13.5 Å². The number of nitro groups is 1. The van der Waals surface area contributed by atoms with Crippen LogP contribution < -0.4 is 0 Å². The first-order valence-corrected chi connectivity index (χ1v) is 8.94. The van der Waals surface area contributed by atoms with Gasteiger partial charge in [-0.05, 0) is 30.7 Å². The lowest BCUT2D eigenvalue weighted by molar-refractivity contribution is -0.384. The summed E-state index contributed by atoms with van der Waals surface area (Å²) < 4.78 is 2.13. The first kappa shape index (κ1) is 18.8. The fraction of sp³-hybridized carbons (Fsp3) is 0.368. The molecule has 0 N–H and O–H groups in total. The molecule has 0 spiro atoms. The van der Waals surface area contributed by atoms with Crippen molar-refractivity contribution < 1.29 is 9.72 Å². The monoisotopic (exact) mass is 369 g/mol. The number of hydrogen-bond donors (Lipinski definition) is 0. The predicted octanol–water partition coefficient (Wildman–Crippen LogP) is 1.96. The van der Waals surface area contributed by atoms with E-state index in [0.717, 1.165) is 37.6 Å². The van der Waals surface area contributed by atoms with Crippen LogP contribution in [0.25, 0.3) is 6.08 Å². The van der Waals surface area contributed by atoms with Crippen molar-refractivity contribution in [1.29, 1.82) is 0 Å². The SMILES string of the molecule is Cc1nccn1CCN1CCN(C(=O)/C=C/c2ccc([N+](=O)[O-])cc2)CC1. The van der Waals surface area contributed by atoms with E-state index in [1.54, 1.807) is 18.2 Å². The summed E-state index contributed by atoms with van der Waals surface area (Å²) in [5, 5.41) is 10.7. The van der Waals surface area contributed by atoms with Crippen LogP contribution in [0.4, 0.5) is 5.69 Å². The van der Waals surface area contributed by atoms with Gasteiger partial charge in [0.2, 0.25) is 5.91 Å². The summed E-state index contributed by atoms with van der Waals surface area (Å²) in [6.45, 7) is 6.94. The van der Waals surface area contributed by atoms with Crippen LogP contribution in [-0.4, -0.2) is 62.9 Å². The van der Waals surface area contributed by atoms with Gasteiger partial charge in [0, 0.05) is 69.9 Å². The van der Waals surface area contributed by atoms with Crippen molar-refractivity contribution in [2.75, 3.05) is 32.7 Å². The number of carbonyl (C=O) groups is 1. The van der Waals surface area contributed by atoms with Gasteiger partial charge in [-0.15, -0.1) is 0 Å². The molecule has 0 unspecified atom stereocenters. The lowest BCUT2D eigenvalue weighted by Gasteiger charge is -2.34. The number of hydrogen-bond acceptors (Lipinski definition) is 5. The number of benzene rings is 1. The van der Waals surface area contributed by atoms with E-state index >= 15 is 0 Å². The molecule has 142 valence electrons. The number of carbonyl (C=O) groups excluding carboxylic acids is 1. The minimum absolute atomic E-state index is 0.0292. The van der Waals surface area contributed by atoms with E-state index in [2.05, 4.69) is 14.5 Å². The van der Waals surface area contributed by atoms with Gasteiger partial charge in [-0.1, -0.05) is 0 Å². The van der Waals surface area contributed by atoms with E-state index in [-0.39, 0.29) is 11.6 Å². The van der Waals surface area contributed by atoms with Gasteiger partial charge in [0.25, 0.3) is 5.69 Å². The van der Waals surface area contributed by atoms with Gasteiger partial charge in [-0.3, -0.25) is 19.8 Å². The van der Waals surface area contributed by atoms with Gasteiger partial charge < -0.3 is 9.47 Å². The molecule has 2 heterocycles. The average Bonchev–Trinajstić information content (AvgIpc) is 3.10. The number of aryl methyl sites for hydroxylation is 1. The number of piperazine rings is 1. The highest BCUT2D eigenvalue weighted by Crippen LogP contribution is 2.13. The molecule has 1 amide bonds. The molecule has 0 radical (unpaired) electrons. The molecule has 0 aliphatic carbocycles. The van der Waals surface area contributed by atoms with Gasteiger partial charge in [-0.25, -0.2) is 4.98 Å². The third-order valence-corrected chi connectivity index (χ3v) is 4.79. The van der Waals surface area contributed by atoms with E-state index in [1.165, 1.54) is 18.2 Å². The number of nitro benzene ring substituents is 1. The maximum atomic E-state index is 12.3. The summed E-state index contributed by atoms with van der Waals surface area (Å²) in [5.41, 5.74) is 0.809. The molecule has 0 bridgehead atoms. The van der Waals surface area contributed by atoms with Crippen molar-refractivity contribution in [3.05, 3.63) is 64.2 Å². The summed E-state index contributed by atoms with van der Waals surface area (Å²) in [6, 6.07) is 6.14. The Hall–Kier alpha value is -3.00. The summed E-state index contributed by atoms with van der Waals surface area (Å²) in [5.74, 6) is 0.985. The van der Waals surface area contributed by atoms with E-state index in [4.69, 9.17) is 0 Å². The third kappa shape index (κ3) is 5.01. The van der Waals surface area contributed by atoms with Gasteiger partial charge in [0.05, 0.1) is 4.92 Å². The van der Waals surface area contributed by atoms with Crippen LogP contribution in [0.5, 0.6) is 0 Å². The van der Waals surface area contributed by atoms with Gasteiger partial charge >= 0.3 is 0 Å². The Morgan fingerprint density at radius 3 is 2.48 bits per heavy atom. The van der Waals surface area contributed by atoms with Gasteiger partial charge in [0.1, 0.15) is 5.82 Å². The van der Waals surface area contributed by atoms with Crippen molar-refractivity contribution >= 4 is 17.7 Å². The predicted molar refractivity (Wildman–Crippen MR) is 102 cm³/mol. The second-order valence-corrected chi connectivity index (χ2v) is 6.52. The topological polar surface area (TPSA) is 84.5 Å². The van der Waals surface area contributed by atoms with E-state index in [9.17, 15) is 14.9 Å². The Morgan fingerprint density at radius 2 is 1.89 bits per heavy atom. The minimum Gasteiger partial charge on any atom is -0.337 e. The van der Waals surface area contributed by atoms with Crippen LogP contribution in [0.1, 0.15) is 11.4 Å². The molecule has 1 aromatic heterocycles. The number of non-ortho nitro benzene ring substituents is 1. The number of imidazole rings is 1. The zero-order valence-corrected chi connectivity index (χ0v) is 15.3. The van der Waals surface area contributed by atoms with Crippen LogP contribution in [-0.2, 0) is 11.3 Å². The van der Waals surface area contributed by atoms with E-state index in [1.807, 2.05) is 24.2 Å². The second kappa shape index (κ2) is 8.59. The molecule has 1 aliphatic rings. The fourth-order valence-corrected chi connectivity index (χ4v) is 3.06. The maximum absolute atomic E-state index is 12.3. The first-order valence-electron chi connectivity index (χ1n) is 8.94. The normalized spacial score (nSPS) is 15.4. The molecular formula is C19H23N5O3. The molecular weight excluding hydrogens is 346 g/mol. The highest BCUT2D eigenvalue weighted by molar-refractivity contribution is 5.91. The molecule has 0 saturated carbocycles. The zero-order chi connectivity index (χ0) is 19.2. The highest BCUT2D eigenvalue weighted by Gasteiger charge is 2.19. The molecule has 2 aromatic rings. The van der Waals surface area contributed by atoms with Crippen molar-refractivity contribution in [3.63, 3.8) is 0 Å². The van der Waals surface area contributed by atoms with Crippen LogP contribution in [0.2, 0.25) is 0 Å². The highest BCUT2D eigenvalue weighted by atomic mass is 16.6. The van der Waals surface area contributed by atoms with E-state index in [0.29, 0.717) is 13.1 Å². The zero-order valence-electron chi connectivity index (χ0n) is 15.3. The Labute approximate surface area is 157 Å². The number of nitrogens with zero attached hydrogens (tertiary/aromatic N) is 5. The number of aromatic nitrogens is 2. The molecule has 0 atom stereocenters. The third-order valence-electron chi connectivity index (χ3n) is 4.79. The molecule has 1 aliphatic heterocycles. The largest absolute Gasteiger partial charge is 0.337 e. The average molecular weight is 369 g/mol. The molecule has 3 rings (SSSR count). The number of rotatable bonds is 6. The molecule has 8 nitrogen and oxygen atoms in total. The minimum atomic E-state index is -0.438. The smallest absolute Gasteiger partial charge is 0.269 e. The maximum Gasteiger partial charge on any atom is 0.269 e. The number of amides is 1. The summed E-state index contributed by atoms with van der Waals surface area (Å²) >= 11 is 0. The Balaban J connectivity index is 1.45. The molecule has 27 heavy (non-hydrogen) atoms. The lowest BCUT2D eigenvalue weighted by atomic mass is 10.2. The molecule has 1 aromatic carbocycles. The molecule has 1 fully saturated rings. The van der Waals surface area contributed by atoms with Crippen molar-refractivity contribution in [1.82, 2.24) is 19.4 Å². The lowest BCUT2D eigenvalue weighted by Crippen LogP contribution is -2.48. The van der Waals surface area contributed by atoms with E-state index < -0.39 is 4.92 Å². The Bertz CT molecular complexity index is 820. The van der Waals surface area contributed by atoms with Crippen molar-refractivity contribution in [2.24, 2.45) is 0 Å². The van der Waals surface area contributed by atoms with Crippen LogP contribution in [0, 0.1) is 17.0 Å². The fourth-order valence-electron chi connectivity index (χ4n) is 3.06. The van der Waals surface area contributed by atoms with Gasteiger partial charge in [0.15, 0.2) is 0 Å². The summed E-state index contributed by atoms with van der Waals surface area (Å²) in [4.78, 5) is 31.0. The standard InChI is InChI=1S/C19H23N5O3/c1-16-20-8-9-22(16)13-10-21-11-14-23(15-12-21)19(25)7-4-17-2-5-18(6-3-17)24(26)27/h2-9H,10-15H2,1H3/b7-4+. The molecule has 8 heteroatoms. The van der Waals surface area contributed by atoms with Crippen LogP contribution in [0.15, 0.2) is 42.7 Å². The summed E-state index contributed by atoms with van der Waals surface area (Å²) in [6.07, 6.45) is 7.02. The van der Waals surface area contributed by atoms with Crippen molar-refractivity contribution in [3.8, 4) is 0 Å². The Morgan fingerprint density at radius 1 is 1.19 bits per heavy atom. The van der Waals surface area contributed by atoms with Crippen LogP contribution in [0.3, 0.4) is 0 Å². The molecule has 1 saturated heterocycles. The first-order chi connectivity index (χ1) is 13.0. The Kier molecular flexibility index (Phi) is 5.97. The second-order valence-electron chi connectivity index (χ2n) is 6.52. The van der Waals surface area contributed by atoms with Gasteiger partial charge in [-0.2, -0.15) is 0 Å².